The maximum atomic E-state index is 14.0. The van der Waals surface area contributed by atoms with Crippen molar-refractivity contribution in [1.29, 1.82) is 0 Å². The van der Waals surface area contributed by atoms with Crippen molar-refractivity contribution in [3.05, 3.63) is 65.0 Å². The number of piperidine rings is 1. The van der Waals surface area contributed by atoms with E-state index in [9.17, 15) is 13.6 Å². The minimum absolute atomic E-state index is 0.0314. The molecule has 4 heterocycles. The van der Waals surface area contributed by atoms with Gasteiger partial charge in [-0.25, -0.2) is 23.5 Å². The van der Waals surface area contributed by atoms with E-state index < -0.39 is 17.7 Å². The molecule has 2 N–H and O–H groups in total. The summed E-state index contributed by atoms with van der Waals surface area (Å²) in [5.41, 5.74) is 1.32. The van der Waals surface area contributed by atoms with Gasteiger partial charge in [-0.15, -0.1) is 0 Å². The number of carbonyl (C=O) groups excluding carboxylic acids is 1. The molecule has 2 unspecified atom stereocenters. The summed E-state index contributed by atoms with van der Waals surface area (Å²) < 4.78 is 27.5. The highest BCUT2D eigenvalue weighted by Crippen LogP contribution is 2.46. The number of likely N-dealkylation sites (tertiary alicyclic amines) is 1. The van der Waals surface area contributed by atoms with Crippen molar-refractivity contribution in [1.82, 2.24) is 25.1 Å². The molecule has 34 heavy (non-hydrogen) atoms. The lowest BCUT2D eigenvalue weighted by Crippen LogP contribution is -2.46. The molecule has 0 spiro atoms. The topological polar surface area (TPSA) is 85.8 Å². The van der Waals surface area contributed by atoms with Crippen LogP contribution >= 0.6 is 11.8 Å². The van der Waals surface area contributed by atoms with E-state index in [1.54, 1.807) is 12.3 Å². The number of amides is 2. The second kappa shape index (κ2) is 9.57. The lowest BCUT2D eigenvalue weighted by Gasteiger charge is -2.32. The number of aromatic nitrogens is 2. The smallest absolute Gasteiger partial charge is 0.317 e. The maximum absolute atomic E-state index is 14.0. The minimum Gasteiger partial charge on any atom is -0.351 e. The first-order chi connectivity index (χ1) is 16.5. The first-order valence-corrected chi connectivity index (χ1v) is 12.2. The van der Waals surface area contributed by atoms with Gasteiger partial charge in [-0.2, -0.15) is 0 Å². The van der Waals surface area contributed by atoms with Gasteiger partial charge in [0.05, 0.1) is 5.69 Å². The van der Waals surface area contributed by atoms with Gasteiger partial charge in [0.15, 0.2) is 16.8 Å². The van der Waals surface area contributed by atoms with Crippen LogP contribution in [-0.2, 0) is 0 Å². The van der Waals surface area contributed by atoms with Gasteiger partial charge in [0.2, 0.25) is 5.95 Å². The molecule has 11 heteroatoms. The minimum atomic E-state index is -0.893. The summed E-state index contributed by atoms with van der Waals surface area (Å²) in [6.45, 7) is 3.84. The van der Waals surface area contributed by atoms with Crippen LogP contribution in [0.25, 0.3) is 0 Å². The highest BCUT2D eigenvalue weighted by atomic mass is 32.2. The molecule has 1 fully saturated rings. The number of anilines is 1. The van der Waals surface area contributed by atoms with E-state index in [1.807, 2.05) is 34.4 Å². The molecule has 1 aromatic heterocycles. The summed E-state index contributed by atoms with van der Waals surface area (Å²) in [6.07, 6.45) is 5.22. The van der Waals surface area contributed by atoms with Gasteiger partial charge in [-0.05, 0) is 48.9 Å². The van der Waals surface area contributed by atoms with Gasteiger partial charge in [0.25, 0.3) is 0 Å². The number of rotatable bonds is 5. The quantitative estimate of drug-likeness (QED) is 0.665. The third-order valence-corrected chi connectivity index (χ3v) is 6.96. The second-order valence-corrected chi connectivity index (χ2v) is 9.20. The highest BCUT2D eigenvalue weighted by molar-refractivity contribution is 8.16. The van der Waals surface area contributed by atoms with Crippen molar-refractivity contribution in [2.24, 2.45) is 4.99 Å². The van der Waals surface area contributed by atoms with E-state index in [0.717, 1.165) is 29.8 Å². The van der Waals surface area contributed by atoms with E-state index in [4.69, 9.17) is 9.98 Å². The van der Waals surface area contributed by atoms with Gasteiger partial charge in [-0.1, -0.05) is 17.8 Å². The van der Waals surface area contributed by atoms with Crippen LogP contribution in [0.3, 0.4) is 0 Å². The summed E-state index contributed by atoms with van der Waals surface area (Å²) in [7, 11) is 0. The Hall–Kier alpha value is -3.21. The number of nitrogens with one attached hydrogen (secondary N) is 2. The van der Waals surface area contributed by atoms with Crippen molar-refractivity contribution in [3.63, 3.8) is 0 Å². The fourth-order valence-electron chi connectivity index (χ4n) is 4.47. The Morgan fingerprint density at radius 2 is 2.03 bits per heavy atom. The Labute approximate surface area is 200 Å². The molecule has 1 saturated heterocycles. The van der Waals surface area contributed by atoms with Gasteiger partial charge >= 0.3 is 6.03 Å². The van der Waals surface area contributed by atoms with Gasteiger partial charge in [0.1, 0.15) is 12.1 Å². The molecule has 2 amide bonds. The third-order valence-electron chi connectivity index (χ3n) is 6.17. The summed E-state index contributed by atoms with van der Waals surface area (Å²) in [5.74, 6) is -1.27. The Bertz CT molecular complexity index is 1140. The molecule has 3 aliphatic rings. The van der Waals surface area contributed by atoms with Crippen molar-refractivity contribution < 1.29 is 13.6 Å². The number of hydrogen-bond donors (Lipinski definition) is 2. The van der Waals surface area contributed by atoms with Crippen LogP contribution in [0, 0.1) is 11.6 Å². The zero-order valence-electron chi connectivity index (χ0n) is 18.6. The monoisotopic (exact) mass is 485 g/mol. The van der Waals surface area contributed by atoms with Crippen LogP contribution in [0.1, 0.15) is 43.1 Å². The fourth-order valence-corrected chi connectivity index (χ4v) is 5.25. The number of aliphatic imine (C=N–C) groups is 1. The van der Waals surface area contributed by atoms with E-state index in [2.05, 4.69) is 15.6 Å². The van der Waals surface area contributed by atoms with Crippen LogP contribution in [0.2, 0.25) is 0 Å². The van der Waals surface area contributed by atoms with Crippen molar-refractivity contribution in [2.45, 2.75) is 37.9 Å². The summed E-state index contributed by atoms with van der Waals surface area (Å²) in [4.78, 5) is 29.8. The maximum Gasteiger partial charge on any atom is 0.317 e. The first kappa shape index (κ1) is 22.6. The summed E-state index contributed by atoms with van der Waals surface area (Å²) in [6, 6.07) is 5.14. The van der Waals surface area contributed by atoms with E-state index in [-0.39, 0.29) is 18.1 Å². The predicted octanol–water partition coefficient (Wildman–Crippen LogP) is 4.03. The number of fused-ring (bicyclic) bond motifs is 1. The fraction of sp³-hybridized carbons (Fsp3) is 0.391. The molecule has 1 aromatic carbocycles. The zero-order chi connectivity index (χ0) is 23.7. The Morgan fingerprint density at radius 3 is 2.79 bits per heavy atom. The Morgan fingerprint density at radius 1 is 1.21 bits per heavy atom. The number of carbonyl (C=O) groups is 1. The van der Waals surface area contributed by atoms with E-state index in [0.29, 0.717) is 31.1 Å². The molecular formula is C23H25F2N7OS. The SMILES string of the molecule is CCNC(=O)N1CCC(Nc2nccc(C3C(c4ccc(F)c(F)c4)N=C4SC=CN43)n2)CC1. The third kappa shape index (κ3) is 4.44. The van der Waals surface area contributed by atoms with Crippen LogP contribution in [0.4, 0.5) is 19.5 Å². The molecule has 0 saturated carbocycles. The number of thioether (sulfide) groups is 1. The van der Waals surface area contributed by atoms with Crippen LogP contribution < -0.4 is 10.6 Å². The Kier molecular flexibility index (Phi) is 6.36. The molecule has 3 aliphatic heterocycles. The average molecular weight is 486 g/mol. The van der Waals surface area contributed by atoms with Gasteiger partial charge in [0, 0.05) is 38.1 Å². The molecule has 2 atom stereocenters. The van der Waals surface area contributed by atoms with Crippen molar-refractivity contribution in [2.75, 3.05) is 25.0 Å². The summed E-state index contributed by atoms with van der Waals surface area (Å²) in [5, 5.41) is 8.97. The largest absolute Gasteiger partial charge is 0.351 e. The van der Waals surface area contributed by atoms with E-state index in [1.165, 1.54) is 17.8 Å². The van der Waals surface area contributed by atoms with Gasteiger partial charge in [-0.3, -0.25) is 4.99 Å². The predicted molar refractivity (Wildman–Crippen MR) is 127 cm³/mol. The standard InChI is InChI=1S/C23H25F2N7OS/c1-2-26-22(33)31-9-6-15(7-10-31)28-21-27-8-5-18(29-21)20-19(30-23-32(20)11-12-34-23)14-3-4-16(24)17(25)13-14/h3-5,8,11-13,15,19-20H,2,6-7,9-10H2,1H3,(H,26,33)(H,27,28,29). The van der Waals surface area contributed by atoms with Crippen molar-refractivity contribution >= 4 is 28.9 Å². The first-order valence-electron chi connectivity index (χ1n) is 11.3. The molecular weight excluding hydrogens is 460 g/mol. The highest BCUT2D eigenvalue weighted by Gasteiger charge is 2.40. The number of amidine groups is 1. The number of halogens is 2. The molecule has 0 aliphatic carbocycles. The normalized spacial score (nSPS) is 22.0. The molecule has 0 radical (unpaired) electrons. The lowest BCUT2D eigenvalue weighted by atomic mass is 9.97. The number of urea groups is 1. The Balaban J connectivity index is 1.33. The molecule has 2 aromatic rings. The average Bonchev–Trinajstić information content (AvgIpc) is 3.43. The molecule has 0 bridgehead atoms. The number of nitrogens with zero attached hydrogens (tertiary/aromatic N) is 5. The number of benzene rings is 1. The van der Waals surface area contributed by atoms with Gasteiger partial charge < -0.3 is 20.4 Å². The summed E-state index contributed by atoms with van der Waals surface area (Å²) >= 11 is 1.49. The number of hydrogen-bond acceptors (Lipinski definition) is 7. The van der Waals surface area contributed by atoms with Crippen LogP contribution in [0.5, 0.6) is 0 Å². The van der Waals surface area contributed by atoms with Crippen molar-refractivity contribution in [3.8, 4) is 0 Å². The lowest BCUT2D eigenvalue weighted by molar-refractivity contribution is 0.184. The van der Waals surface area contributed by atoms with E-state index >= 15 is 0 Å². The second-order valence-electron chi connectivity index (χ2n) is 8.33. The molecule has 5 rings (SSSR count). The van der Waals surface area contributed by atoms with Crippen LogP contribution in [0.15, 0.2) is 47.1 Å². The molecule has 178 valence electrons. The van der Waals surface area contributed by atoms with Crippen LogP contribution in [-0.4, -0.2) is 56.6 Å². The zero-order valence-corrected chi connectivity index (χ0v) is 19.4. The molecule has 8 nitrogen and oxygen atoms in total.